The quantitative estimate of drug-likeness (QED) is 0.789. The van der Waals surface area contributed by atoms with Gasteiger partial charge in [-0.05, 0) is 17.7 Å². The molecule has 0 unspecified atom stereocenters. The third-order valence-electron chi connectivity index (χ3n) is 3.24. The molecule has 0 N–H and O–H groups in total. The first-order chi connectivity index (χ1) is 8.36. The summed E-state index contributed by atoms with van der Waals surface area (Å²) in [5.74, 6) is -0.631. The molecule has 0 amide bonds. The summed E-state index contributed by atoms with van der Waals surface area (Å²) in [7, 11) is -3.47. The fourth-order valence-electron chi connectivity index (χ4n) is 2.43. The standard InChI is InChI=1S/C12H10ClNO3S/c1-18(16,17)11-10(12(11,6-14)7-15)8-3-2-4-9(13)5-8/h2-5,7,10-11H,1H3/t10-,11-,12+/m1/s1. The first kappa shape index (κ1) is 13.1. The second kappa shape index (κ2) is 4.08. The molecule has 0 aromatic heterocycles. The van der Waals surface area contributed by atoms with Crippen LogP contribution in [0.15, 0.2) is 24.3 Å². The summed E-state index contributed by atoms with van der Waals surface area (Å²) in [6.45, 7) is 0. The Morgan fingerprint density at radius 3 is 2.56 bits per heavy atom. The van der Waals surface area contributed by atoms with E-state index in [0.29, 0.717) is 16.9 Å². The van der Waals surface area contributed by atoms with Gasteiger partial charge in [-0.1, -0.05) is 23.7 Å². The first-order valence-corrected chi connectivity index (χ1v) is 7.52. The first-order valence-electron chi connectivity index (χ1n) is 5.18. The van der Waals surface area contributed by atoms with Crippen molar-refractivity contribution in [3.8, 4) is 6.07 Å². The van der Waals surface area contributed by atoms with E-state index in [9.17, 15) is 13.2 Å². The van der Waals surface area contributed by atoms with Crippen molar-refractivity contribution < 1.29 is 13.2 Å². The predicted octanol–water partition coefficient (Wildman–Crippen LogP) is 1.56. The predicted molar refractivity (Wildman–Crippen MR) is 66.9 cm³/mol. The average molecular weight is 284 g/mol. The van der Waals surface area contributed by atoms with Crippen LogP contribution in [-0.2, 0) is 14.6 Å². The van der Waals surface area contributed by atoms with Crippen LogP contribution in [0.25, 0.3) is 0 Å². The molecule has 0 aliphatic heterocycles. The minimum absolute atomic E-state index is 0.435. The van der Waals surface area contributed by atoms with Crippen LogP contribution in [0, 0.1) is 16.7 Å². The molecule has 0 heterocycles. The molecule has 1 aliphatic carbocycles. The summed E-state index contributed by atoms with van der Waals surface area (Å²) in [6.07, 6.45) is 1.47. The van der Waals surface area contributed by atoms with Crippen molar-refractivity contribution in [2.24, 2.45) is 5.41 Å². The van der Waals surface area contributed by atoms with E-state index >= 15 is 0 Å². The molecular weight excluding hydrogens is 274 g/mol. The number of halogens is 1. The lowest BCUT2D eigenvalue weighted by Crippen LogP contribution is -2.14. The third-order valence-corrected chi connectivity index (χ3v) is 5.06. The van der Waals surface area contributed by atoms with Crippen molar-refractivity contribution >= 4 is 27.7 Å². The molecule has 0 radical (unpaired) electrons. The van der Waals surface area contributed by atoms with Crippen LogP contribution in [0.5, 0.6) is 0 Å². The largest absolute Gasteiger partial charge is 0.302 e. The Morgan fingerprint density at radius 2 is 2.17 bits per heavy atom. The van der Waals surface area contributed by atoms with Crippen molar-refractivity contribution in [3.05, 3.63) is 34.9 Å². The Kier molecular flexibility index (Phi) is 2.96. The third kappa shape index (κ3) is 1.82. The maximum atomic E-state index is 11.7. The summed E-state index contributed by atoms with van der Waals surface area (Å²) in [5, 5.41) is 8.58. The van der Waals surface area contributed by atoms with Gasteiger partial charge < -0.3 is 4.79 Å². The van der Waals surface area contributed by atoms with E-state index in [2.05, 4.69) is 0 Å². The zero-order valence-electron chi connectivity index (χ0n) is 9.50. The normalized spacial score (nSPS) is 30.5. The van der Waals surface area contributed by atoms with Crippen LogP contribution < -0.4 is 0 Å². The van der Waals surface area contributed by atoms with Crippen LogP contribution in [0.1, 0.15) is 11.5 Å². The molecule has 0 spiro atoms. The number of nitriles is 1. The fraction of sp³-hybridized carbons (Fsp3) is 0.333. The zero-order valence-corrected chi connectivity index (χ0v) is 11.1. The number of benzene rings is 1. The highest BCUT2D eigenvalue weighted by molar-refractivity contribution is 7.91. The molecule has 18 heavy (non-hydrogen) atoms. The van der Waals surface area contributed by atoms with Crippen LogP contribution in [0.2, 0.25) is 5.02 Å². The van der Waals surface area contributed by atoms with E-state index in [0.717, 1.165) is 6.26 Å². The Balaban J connectivity index is 2.52. The Morgan fingerprint density at radius 1 is 1.50 bits per heavy atom. The number of carbonyl (C=O) groups is 1. The van der Waals surface area contributed by atoms with Crippen LogP contribution >= 0.6 is 11.6 Å². The van der Waals surface area contributed by atoms with Gasteiger partial charge >= 0.3 is 0 Å². The lowest BCUT2D eigenvalue weighted by Gasteiger charge is -2.00. The molecule has 94 valence electrons. The highest BCUT2D eigenvalue weighted by Crippen LogP contribution is 2.61. The van der Waals surface area contributed by atoms with E-state index in [1.165, 1.54) is 0 Å². The molecule has 0 saturated heterocycles. The summed E-state index contributed by atoms with van der Waals surface area (Å²) >= 11 is 5.84. The summed E-state index contributed by atoms with van der Waals surface area (Å²) < 4.78 is 23.3. The molecule has 1 aliphatic rings. The number of hydrogen-bond acceptors (Lipinski definition) is 4. The number of aldehydes is 1. The molecule has 3 atom stereocenters. The fourth-order valence-corrected chi connectivity index (χ4v) is 4.39. The molecular formula is C12H10ClNO3S. The van der Waals surface area contributed by atoms with Crippen LogP contribution in [-0.4, -0.2) is 26.2 Å². The van der Waals surface area contributed by atoms with E-state index in [4.69, 9.17) is 16.9 Å². The minimum atomic E-state index is -3.47. The van der Waals surface area contributed by atoms with Gasteiger partial charge in [0.1, 0.15) is 11.7 Å². The van der Waals surface area contributed by atoms with Gasteiger partial charge in [0.05, 0.1) is 11.3 Å². The van der Waals surface area contributed by atoms with Gasteiger partial charge in [0, 0.05) is 17.2 Å². The molecule has 6 heteroatoms. The highest BCUT2D eigenvalue weighted by atomic mass is 35.5. The van der Waals surface area contributed by atoms with E-state index in [-0.39, 0.29) is 0 Å². The second-order valence-electron chi connectivity index (χ2n) is 4.45. The zero-order chi connectivity index (χ0) is 13.6. The number of nitrogens with zero attached hydrogens (tertiary/aromatic N) is 1. The molecule has 0 bridgehead atoms. The van der Waals surface area contributed by atoms with Crippen molar-refractivity contribution in [2.75, 3.05) is 6.26 Å². The number of rotatable bonds is 3. The van der Waals surface area contributed by atoms with Gasteiger partial charge in [0.25, 0.3) is 0 Å². The van der Waals surface area contributed by atoms with Gasteiger partial charge in [-0.3, -0.25) is 0 Å². The molecule has 1 fully saturated rings. The lowest BCUT2D eigenvalue weighted by atomic mass is 10.0. The van der Waals surface area contributed by atoms with Gasteiger partial charge in [0.2, 0.25) is 0 Å². The SMILES string of the molecule is CS(=O)(=O)[C@@H]1[C@@H](c2cccc(Cl)c2)[C@]1(C#N)C=O. The monoisotopic (exact) mass is 283 g/mol. The second-order valence-corrected chi connectivity index (χ2v) is 7.05. The molecule has 1 saturated carbocycles. The summed E-state index contributed by atoms with van der Waals surface area (Å²) in [4.78, 5) is 11.1. The van der Waals surface area contributed by atoms with Crippen molar-refractivity contribution in [1.82, 2.24) is 0 Å². The maximum Gasteiger partial charge on any atom is 0.153 e. The minimum Gasteiger partial charge on any atom is -0.302 e. The molecule has 4 nitrogen and oxygen atoms in total. The Bertz CT molecular complexity index is 650. The Labute approximate surface area is 110 Å². The van der Waals surface area contributed by atoms with E-state index in [1.807, 2.05) is 6.07 Å². The molecule has 1 aromatic rings. The smallest absolute Gasteiger partial charge is 0.153 e. The van der Waals surface area contributed by atoms with E-state index in [1.54, 1.807) is 24.3 Å². The summed E-state index contributed by atoms with van der Waals surface area (Å²) in [6, 6.07) is 8.42. The number of sulfone groups is 1. The maximum absolute atomic E-state index is 11.7. The van der Waals surface area contributed by atoms with E-state index < -0.39 is 26.4 Å². The van der Waals surface area contributed by atoms with Crippen molar-refractivity contribution in [1.29, 1.82) is 5.26 Å². The lowest BCUT2D eigenvalue weighted by molar-refractivity contribution is -0.110. The van der Waals surface area contributed by atoms with Gasteiger partial charge in [-0.25, -0.2) is 8.42 Å². The van der Waals surface area contributed by atoms with Crippen LogP contribution in [0.3, 0.4) is 0 Å². The van der Waals surface area contributed by atoms with Gasteiger partial charge in [0.15, 0.2) is 9.84 Å². The van der Waals surface area contributed by atoms with Crippen LogP contribution in [0.4, 0.5) is 0 Å². The number of carbonyl (C=O) groups excluding carboxylic acids is 1. The molecule has 2 rings (SSSR count). The average Bonchev–Trinajstić information content (AvgIpc) is 2.98. The topological polar surface area (TPSA) is 75.0 Å². The highest BCUT2D eigenvalue weighted by Gasteiger charge is 2.71. The van der Waals surface area contributed by atoms with Crippen molar-refractivity contribution in [2.45, 2.75) is 11.2 Å². The van der Waals surface area contributed by atoms with Gasteiger partial charge in [-0.2, -0.15) is 5.26 Å². The molecule has 1 aromatic carbocycles. The number of hydrogen-bond donors (Lipinski definition) is 0. The summed E-state index contributed by atoms with van der Waals surface area (Å²) in [5.41, 5.74) is -0.871. The van der Waals surface area contributed by atoms with Gasteiger partial charge in [-0.15, -0.1) is 0 Å². The Hall–Kier alpha value is -1.38. The van der Waals surface area contributed by atoms with Crippen molar-refractivity contribution in [3.63, 3.8) is 0 Å².